The maximum Gasteiger partial charge on any atom is 0.368 e. The van der Waals surface area contributed by atoms with E-state index in [1.165, 1.54) is 0 Å². The molecule has 0 aliphatic carbocycles. The standard InChI is InChI=1S/C22H25N5O4/c1-15(2)21(16-9-10-18-19(13-16)31-12-6-11-30-18)23-20(28)14-26-22(29)27(25-24-26)17-7-4-3-5-8-17/h3-5,7-10,13,15,21H,6,11-12,14H2,1-2H3,(H,23,28)/t21-/m1/s1. The van der Waals surface area contributed by atoms with Gasteiger partial charge in [0, 0.05) is 6.42 Å². The first kappa shape index (κ1) is 20.6. The van der Waals surface area contributed by atoms with Crippen LogP contribution in [-0.4, -0.2) is 38.9 Å². The summed E-state index contributed by atoms with van der Waals surface area (Å²) in [6.45, 7) is 5.03. The highest BCUT2D eigenvalue weighted by atomic mass is 16.5. The number of tetrazole rings is 1. The van der Waals surface area contributed by atoms with E-state index in [4.69, 9.17) is 9.47 Å². The zero-order chi connectivity index (χ0) is 21.8. The summed E-state index contributed by atoms with van der Waals surface area (Å²) in [5.74, 6) is 1.18. The minimum absolute atomic E-state index is 0.116. The fraction of sp³-hybridized carbons (Fsp3) is 0.364. The van der Waals surface area contributed by atoms with Gasteiger partial charge in [0.25, 0.3) is 0 Å². The van der Waals surface area contributed by atoms with Crippen molar-refractivity contribution >= 4 is 5.91 Å². The van der Waals surface area contributed by atoms with Crippen molar-refractivity contribution in [1.82, 2.24) is 25.1 Å². The summed E-state index contributed by atoms with van der Waals surface area (Å²) in [5.41, 5.74) is 1.03. The molecule has 0 saturated carbocycles. The Morgan fingerprint density at radius 3 is 2.55 bits per heavy atom. The summed E-state index contributed by atoms with van der Waals surface area (Å²) in [6.07, 6.45) is 0.826. The molecule has 0 radical (unpaired) electrons. The van der Waals surface area contributed by atoms with Gasteiger partial charge in [0.1, 0.15) is 6.54 Å². The lowest BCUT2D eigenvalue weighted by molar-refractivity contribution is -0.123. The number of benzene rings is 2. The smallest absolute Gasteiger partial charge is 0.368 e. The maximum atomic E-state index is 12.7. The number of hydrogen-bond donors (Lipinski definition) is 1. The number of carbonyl (C=O) groups is 1. The van der Waals surface area contributed by atoms with Gasteiger partial charge < -0.3 is 14.8 Å². The van der Waals surface area contributed by atoms with E-state index >= 15 is 0 Å². The monoisotopic (exact) mass is 423 g/mol. The summed E-state index contributed by atoms with van der Waals surface area (Å²) in [5, 5.41) is 10.7. The molecule has 1 aliphatic rings. The number of carbonyl (C=O) groups excluding carboxylic acids is 1. The van der Waals surface area contributed by atoms with Crippen LogP contribution in [0.15, 0.2) is 53.3 Å². The van der Waals surface area contributed by atoms with Crippen LogP contribution in [0.5, 0.6) is 11.5 Å². The molecular formula is C22H25N5O4. The Morgan fingerprint density at radius 1 is 1.06 bits per heavy atom. The van der Waals surface area contributed by atoms with Crippen LogP contribution in [0.4, 0.5) is 0 Å². The molecule has 31 heavy (non-hydrogen) atoms. The third-order valence-corrected chi connectivity index (χ3v) is 5.05. The van der Waals surface area contributed by atoms with Gasteiger partial charge in [-0.05, 0) is 46.2 Å². The Bertz CT molecular complexity index is 1110. The molecule has 4 rings (SSSR count). The SMILES string of the molecule is CC(C)[C@@H](NC(=O)Cn1nnn(-c2ccccc2)c1=O)c1ccc2c(c1)OCCCO2. The van der Waals surface area contributed by atoms with Crippen LogP contribution in [0.1, 0.15) is 31.9 Å². The molecule has 2 aromatic carbocycles. The fourth-order valence-corrected chi connectivity index (χ4v) is 3.47. The number of ether oxygens (including phenoxy) is 2. The normalized spacial score (nSPS) is 14.2. The molecule has 1 amide bonds. The van der Waals surface area contributed by atoms with Gasteiger partial charge in [0.15, 0.2) is 11.5 Å². The van der Waals surface area contributed by atoms with Crippen LogP contribution >= 0.6 is 0 Å². The highest BCUT2D eigenvalue weighted by Gasteiger charge is 2.22. The molecule has 0 bridgehead atoms. The van der Waals surface area contributed by atoms with Crippen molar-refractivity contribution < 1.29 is 14.3 Å². The molecule has 9 nitrogen and oxygen atoms in total. The van der Waals surface area contributed by atoms with E-state index in [-0.39, 0.29) is 24.4 Å². The lowest BCUT2D eigenvalue weighted by Crippen LogP contribution is -2.37. The van der Waals surface area contributed by atoms with Crippen LogP contribution in [0, 0.1) is 5.92 Å². The lowest BCUT2D eigenvalue weighted by atomic mass is 9.95. The van der Waals surface area contributed by atoms with Crippen molar-refractivity contribution in [1.29, 1.82) is 0 Å². The van der Waals surface area contributed by atoms with Crippen LogP contribution in [-0.2, 0) is 11.3 Å². The molecule has 3 aromatic rings. The van der Waals surface area contributed by atoms with Gasteiger partial charge in [0.2, 0.25) is 5.91 Å². The Labute approximate surface area is 179 Å². The van der Waals surface area contributed by atoms with Crippen molar-refractivity contribution in [3.63, 3.8) is 0 Å². The van der Waals surface area contributed by atoms with E-state index in [0.717, 1.165) is 21.3 Å². The molecule has 1 N–H and O–H groups in total. The van der Waals surface area contributed by atoms with Gasteiger partial charge in [-0.3, -0.25) is 4.79 Å². The summed E-state index contributed by atoms with van der Waals surface area (Å²) in [4.78, 5) is 25.3. The number of hydrogen-bond acceptors (Lipinski definition) is 6. The summed E-state index contributed by atoms with van der Waals surface area (Å²) in [6, 6.07) is 14.4. The molecule has 0 fully saturated rings. The minimum atomic E-state index is -0.474. The number of fused-ring (bicyclic) bond motifs is 1. The van der Waals surface area contributed by atoms with E-state index in [2.05, 4.69) is 15.7 Å². The first-order valence-electron chi connectivity index (χ1n) is 10.3. The van der Waals surface area contributed by atoms with Crippen LogP contribution in [0.3, 0.4) is 0 Å². The number of aromatic nitrogens is 4. The number of nitrogens with one attached hydrogen (secondary N) is 1. The molecule has 2 heterocycles. The van der Waals surface area contributed by atoms with Gasteiger partial charge in [-0.1, -0.05) is 38.1 Å². The predicted molar refractivity (Wildman–Crippen MR) is 113 cm³/mol. The van der Waals surface area contributed by atoms with Crippen molar-refractivity contribution in [2.24, 2.45) is 5.92 Å². The van der Waals surface area contributed by atoms with E-state index in [1.807, 2.05) is 38.1 Å². The molecule has 9 heteroatoms. The first-order valence-corrected chi connectivity index (χ1v) is 10.3. The van der Waals surface area contributed by atoms with Crippen molar-refractivity contribution in [3.05, 3.63) is 64.6 Å². The second-order valence-corrected chi connectivity index (χ2v) is 7.71. The number of rotatable bonds is 6. The van der Waals surface area contributed by atoms with Crippen LogP contribution < -0.4 is 20.5 Å². The van der Waals surface area contributed by atoms with Crippen molar-refractivity contribution in [3.8, 4) is 17.2 Å². The van der Waals surface area contributed by atoms with Gasteiger partial charge in [-0.25, -0.2) is 4.79 Å². The topological polar surface area (TPSA) is 100 Å². The van der Waals surface area contributed by atoms with Crippen LogP contribution in [0.2, 0.25) is 0 Å². The van der Waals surface area contributed by atoms with Gasteiger partial charge >= 0.3 is 5.69 Å². The third kappa shape index (κ3) is 4.60. The van der Waals surface area contributed by atoms with E-state index < -0.39 is 5.69 Å². The maximum absolute atomic E-state index is 12.7. The number of para-hydroxylation sites is 1. The largest absolute Gasteiger partial charge is 0.490 e. The minimum Gasteiger partial charge on any atom is -0.490 e. The molecule has 0 saturated heterocycles. The summed E-state index contributed by atoms with van der Waals surface area (Å²) >= 11 is 0. The number of amides is 1. The van der Waals surface area contributed by atoms with Gasteiger partial charge in [0.05, 0.1) is 24.9 Å². The van der Waals surface area contributed by atoms with E-state index in [0.29, 0.717) is 30.4 Å². The van der Waals surface area contributed by atoms with E-state index in [9.17, 15) is 9.59 Å². The second-order valence-electron chi connectivity index (χ2n) is 7.71. The summed E-state index contributed by atoms with van der Waals surface area (Å²) in [7, 11) is 0. The third-order valence-electron chi connectivity index (χ3n) is 5.05. The predicted octanol–water partition coefficient (Wildman–Crippen LogP) is 2.10. The summed E-state index contributed by atoms with van der Waals surface area (Å²) < 4.78 is 13.7. The molecule has 0 unspecified atom stereocenters. The van der Waals surface area contributed by atoms with Gasteiger partial charge in [-0.15, -0.1) is 0 Å². The molecule has 0 spiro atoms. The molecule has 162 valence electrons. The molecule has 1 atom stereocenters. The Hall–Kier alpha value is -3.62. The second kappa shape index (κ2) is 9.03. The Balaban J connectivity index is 1.50. The van der Waals surface area contributed by atoms with Gasteiger partial charge in [-0.2, -0.15) is 9.36 Å². The molecular weight excluding hydrogens is 398 g/mol. The zero-order valence-corrected chi connectivity index (χ0v) is 17.5. The Morgan fingerprint density at radius 2 is 1.81 bits per heavy atom. The number of nitrogens with zero attached hydrogens (tertiary/aromatic N) is 4. The average molecular weight is 423 g/mol. The van der Waals surface area contributed by atoms with Crippen LogP contribution in [0.25, 0.3) is 5.69 Å². The molecule has 1 aromatic heterocycles. The van der Waals surface area contributed by atoms with Crippen molar-refractivity contribution in [2.45, 2.75) is 32.9 Å². The fourth-order valence-electron chi connectivity index (χ4n) is 3.47. The zero-order valence-electron chi connectivity index (χ0n) is 17.5. The van der Waals surface area contributed by atoms with E-state index in [1.54, 1.807) is 24.3 Å². The van der Waals surface area contributed by atoms with Crippen molar-refractivity contribution in [2.75, 3.05) is 13.2 Å². The highest BCUT2D eigenvalue weighted by Crippen LogP contribution is 2.34. The molecule has 1 aliphatic heterocycles. The Kier molecular flexibility index (Phi) is 6.01. The highest BCUT2D eigenvalue weighted by molar-refractivity contribution is 5.76. The average Bonchev–Trinajstić information content (AvgIpc) is 2.97. The quantitative estimate of drug-likeness (QED) is 0.652. The lowest BCUT2D eigenvalue weighted by Gasteiger charge is -2.23. The first-order chi connectivity index (χ1) is 15.0.